The van der Waals surface area contributed by atoms with Gasteiger partial charge in [0.05, 0.1) is 6.10 Å². The lowest BCUT2D eigenvalue weighted by Crippen LogP contribution is -2.64. The molecule has 0 radical (unpaired) electrons. The zero-order valence-corrected chi connectivity index (χ0v) is 21.9. The number of fused-ring (bicyclic) bond motifs is 7. The SMILES string of the molecule is C[C@@H]1[C@@H](C)CC[C@@]2(C)CC[C@@]3(C)C(=CC[C@H]4[C@]5(C)CC[C@@H](O)C(C)(C)[C@@H]5CC[C@]43C)[C@@H]12. The third-order valence-electron chi connectivity index (χ3n) is 13.4. The standard InChI is InChI=1S/C30H50O/c1-19-11-14-27(5)17-18-29(7)21(25(27)20(19)2)9-10-23-28(6)15-13-24(31)26(3,4)22(28)12-16-30(23,29)8/h9,19-20,22-25,31H,10-18H2,1-8H3/t19-,20+,22-,23-,24+,25+,27-,28+,29-,30+/m0/s1. The summed E-state index contributed by atoms with van der Waals surface area (Å²) in [5.41, 5.74) is 3.60. The van der Waals surface area contributed by atoms with Gasteiger partial charge >= 0.3 is 0 Å². The van der Waals surface area contributed by atoms with Crippen LogP contribution in [0.25, 0.3) is 0 Å². The van der Waals surface area contributed by atoms with E-state index in [2.05, 4.69) is 61.5 Å². The maximum atomic E-state index is 10.9. The molecule has 5 aliphatic carbocycles. The average Bonchev–Trinajstić information content (AvgIpc) is 2.69. The second-order valence-corrected chi connectivity index (χ2v) is 14.7. The summed E-state index contributed by atoms with van der Waals surface area (Å²) in [4.78, 5) is 0. The third-order valence-corrected chi connectivity index (χ3v) is 13.4. The van der Waals surface area contributed by atoms with Gasteiger partial charge in [0.2, 0.25) is 0 Å². The van der Waals surface area contributed by atoms with Gasteiger partial charge < -0.3 is 5.11 Å². The van der Waals surface area contributed by atoms with E-state index in [9.17, 15) is 5.11 Å². The fraction of sp³-hybridized carbons (Fsp3) is 0.933. The molecule has 5 rings (SSSR count). The molecular weight excluding hydrogens is 376 g/mol. The molecule has 0 spiro atoms. The van der Waals surface area contributed by atoms with E-state index in [4.69, 9.17) is 0 Å². The molecule has 4 fully saturated rings. The van der Waals surface area contributed by atoms with Crippen LogP contribution in [0.3, 0.4) is 0 Å². The van der Waals surface area contributed by atoms with Gasteiger partial charge in [0.15, 0.2) is 0 Å². The first-order valence-electron chi connectivity index (χ1n) is 13.7. The summed E-state index contributed by atoms with van der Waals surface area (Å²) in [6.45, 7) is 20.5. The summed E-state index contributed by atoms with van der Waals surface area (Å²) < 4.78 is 0. The van der Waals surface area contributed by atoms with Crippen LogP contribution in [0.2, 0.25) is 0 Å². The van der Waals surface area contributed by atoms with Crippen LogP contribution < -0.4 is 0 Å². The van der Waals surface area contributed by atoms with Crippen LogP contribution in [-0.4, -0.2) is 11.2 Å². The Balaban J connectivity index is 1.59. The molecule has 0 saturated heterocycles. The van der Waals surface area contributed by atoms with Crippen LogP contribution in [0.15, 0.2) is 11.6 Å². The highest BCUT2D eigenvalue weighted by atomic mass is 16.3. The van der Waals surface area contributed by atoms with Crippen molar-refractivity contribution in [2.24, 2.45) is 56.7 Å². The van der Waals surface area contributed by atoms with Gasteiger partial charge in [-0.2, -0.15) is 0 Å². The Morgan fingerprint density at radius 1 is 0.806 bits per heavy atom. The minimum atomic E-state index is -0.125. The van der Waals surface area contributed by atoms with Crippen LogP contribution in [0.1, 0.15) is 113 Å². The van der Waals surface area contributed by atoms with E-state index >= 15 is 0 Å². The molecule has 1 nitrogen and oxygen atoms in total. The van der Waals surface area contributed by atoms with Gasteiger partial charge in [-0.15, -0.1) is 0 Å². The second-order valence-electron chi connectivity index (χ2n) is 14.7. The fourth-order valence-electron chi connectivity index (χ4n) is 10.8. The van der Waals surface area contributed by atoms with Crippen molar-refractivity contribution in [3.63, 3.8) is 0 Å². The Labute approximate surface area is 192 Å². The smallest absolute Gasteiger partial charge is 0.0594 e. The van der Waals surface area contributed by atoms with E-state index in [1.807, 2.05) is 5.57 Å². The van der Waals surface area contributed by atoms with Gasteiger partial charge in [-0.3, -0.25) is 0 Å². The number of hydrogen-bond acceptors (Lipinski definition) is 1. The van der Waals surface area contributed by atoms with Crippen LogP contribution in [0.4, 0.5) is 0 Å². The van der Waals surface area contributed by atoms with Gasteiger partial charge in [0, 0.05) is 0 Å². The van der Waals surface area contributed by atoms with Crippen molar-refractivity contribution in [1.82, 2.24) is 0 Å². The molecule has 1 heteroatoms. The molecule has 0 bridgehead atoms. The number of aliphatic hydroxyl groups is 1. The van der Waals surface area contributed by atoms with Gasteiger partial charge in [0.25, 0.3) is 0 Å². The monoisotopic (exact) mass is 426 g/mol. The Morgan fingerprint density at radius 2 is 1.52 bits per heavy atom. The normalized spacial score (nSPS) is 58.3. The molecule has 0 amide bonds. The van der Waals surface area contributed by atoms with Crippen molar-refractivity contribution in [3.8, 4) is 0 Å². The van der Waals surface area contributed by atoms with E-state index in [1.54, 1.807) is 0 Å². The van der Waals surface area contributed by atoms with Crippen molar-refractivity contribution in [1.29, 1.82) is 0 Å². The molecule has 0 aromatic carbocycles. The molecule has 10 atom stereocenters. The summed E-state index contributed by atoms with van der Waals surface area (Å²) in [5, 5.41) is 10.9. The summed E-state index contributed by atoms with van der Waals surface area (Å²) in [6, 6.07) is 0. The van der Waals surface area contributed by atoms with Crippen molar-refractivity contribution in [3.05, 3.63) is 11.6 Å². The fourth-order valence-corrected chi connectivity index (χ4v) is 10.8. The van der Waals surface area contributed by atoms with Crippen LogP contribution in [0.5, 0.6) is 0 Å². The first-order valence-corrected chi connectivity index (χ1v) is 13.7. The molecular formula is C30H50O. The lowest BCUT2D eigenvalue weighted by Gasteiger charge is -2.71. The molecule has 1 N–H and O–H groups in total. The Kier molecular flexibility index (Phi) is 4.82. The lowest BCUT2D eigenvalue weighted by molar-refractivity contribution is -0.203. The van der Waals surface area contributed by atoms with E-state index in [0.717, 1.165) is 30.1 Å². The predicted octanol–water partition coefficient (Wildman–Crippen LogP) is 8.02. The van der Waals surface area contributed by atoms with Crippen LogP contribution >= 0.6 is 0 Å². The molecule has 4 saturated carbocycles. The van der Waals surface area contributed by atoms with Crippen LogP contribution in [0, 0.1) is 56.7 Å². The number of hydrogen-bond donors (Lipinski definition) is 1. The molecule has 31 heavy (non-hydrogen) atoms. The quantitative estimate of drug-likeness (QED) is 0.389. The van der Waals surface area contributed by atoms with Crippen molar-refractivity contribution in [2.75, 3.05) is 0 Å². The minimum Gasteiger partial charge on any atom is -0.393 e. The van der Waals surface area contributed by atoms with E-state index in [-0.39, 0.29) is 11.5 Å². The number of rotatable bonds is 0. The maximum absolute atomic E-state index is 10.9. The zero-order valence-electron chi connectivity index (χ0n) is 21.9. The van der Waals surface area contributed by atoms with Crippen molar-refractivity contribution < 1.29 is 5.11 Å². The number of allylic oxidation sites excluding steroid dienone is 2. The molecule has 0 heterocycles. The molecule has 0 aromatic rings. The summed E-state index contributed by atoms with van der Waals surface area (Å²) in [6.07, 6.45) is 14.5. The lowest BCUT2D eigenvalue weighted by atomic mass is 9.33. The van der Waals surface area contributed by atoms with Gasteiger partial charge in [-0.1, -0.05) is 67.0 Å². The molecule has 5 aliphatic rings. The molecule has 176 valence electrons. The molecule has 0 unspecified atom stereocenters. The molecule has 0 aromatic heterocycles. The predicted molar refractivity (Wildman–Crippen MR) is 131 cm³/mol. The van der Waals surface area contributed by atoms with Gasteiger partial charge in [-0.05, 0) is 114 Å². The summed E-state index contributed by atoms with van der Waals surface area (Å²) in [7, 11) is 0. The van der Waals surface area contributed by atoms with Gasteiger partial charge in [-0.25, -0.2) is 0 Å². The first-order chi connectivity index (χ1) is 14.3. The zero-order chi connectivity index (χ0) is 22.6. The topological polar surface area (TPSA) is 20.2 Å². The Bertz CT molecular complexity index is 779. The average molecular weight is 427 g/mol. The number of aliphatic hydroxyl groups excluding tert-OH is 1. The highest BCUT2D eigenvalue weighted by Gasteiger charge is 2.67. The van der Waals surface area contributed by atoms with Gasteiger partial charge in [0.1, 0.15) is 0 Å². The van der Waals surface area contributed by atoms with Crippen molar-refractivity contribution in [2.45, 2.75) is 119 Å². The van der Waals surface area contributed by atoms with E-state index in [0.29, 0.717) is 27.6 Å². The Hall–Kier alpha value is -0.300. The third kappa shape index (κ3) is 2.65. The van der Waals surface area contributed by atoms with Crippen LogP contribution in [-0.2, 0) is 0 Å². The second kappa shape index (κ2) is 6.64. The molecule has 0 aliphatic heterocycles. The summed E-state index contributed by atoms with van der Waals surface area (Å²) >= 11 is 0. The minimum absolute atomic E-state index is 0.0533. The first kappa shape index (κ1) is 22.5. The van der Waals surface area contributed by atoms with E-state index in [1.165, 1.54) is 51.4 Å². The van der Waals surface area contributed by atoms with Crippen molar-refractivity contribution >= 4 is 0 Å². The maximum Gasteiger partial charge on any atom is 0.0594 e. The highest BCUT2D eigenvalue weighted by Crippen LogP contribution is 2.75. The largest absolute Gasteiger partial charge is 0.393 e. The summed E-state index contributed by atoms with van der Waals surface area (Å²) in [5.74, 6) is 3.90. The van der Waals surface area contributed by atoms with E-state index < -0.39 is 0 Å². The Morgan fingerprint density at radius 3 is 2.23 bits per heavy atom. The highest BCUT2D eigenvalue weighted by molar-refractivity contribution is 5.33.